The van der Waals surface area contributed by atoms with Crippen molar-refractivity contribution >= 4 is 39.8 Å². The molecule has 3 rings (SSSR count). The molecule has 1 aliphatic rings. The van der Waals surface area contributed by atoms with Crippen molar-refractivity contribution in [1.29, 1.82) is 10.7 Å². The molecule has 0 fully saturated rings. The number of aliphatic imine (C=N–C) groups is 1. The van der Waals surface area contributed by atoms with Crippen molar-refractivity contribution < 1.29 is 14.3 Å². The van der Waals surface area contributed by atoms with Gasteiger partial charge in [0.25, 0.3) is 0 Å². The molecule has 0 radical (unpaired) electrons. The van der Waals surface area contributed by atoms with Crippen LogP contribution in [0.2, 0.25) is 0 Å². The number of amidine groups is 1. The fourth-order valence-electron chi connectivity index (χ4n) is 6.18. The number of nitrogens with zero attached hydrogens (tertiary/aromatic N) is 4. The van der Waals surface area contributed by atoms with Crippen LogP contribution in [0, 0.1) is 22.7 Å². The molecular formula is C37H55N9O3S. The van der Waals surface area contributed by atoms with Gasteiger partial charge >= 0.3 is 0 Å². The summed E-state index contributed by atoms with van der Waals surface area (Å²) in [5.41, 5.74) is 16.1. The third-order valence-electron chi connectivity index (χ3n) is 8.91. The van der Waals surface area contributed by atoms with Crippen molar-refractivity contribution in [3.8, 4) is 6.07 Å². The lowest BCUT2D eigenvalue weighted by molar-refractivity contribution is -0.117. The summed E-state index contributed by atoms with van der Waals surface area (Å²) in [6.45, 7) is 12.2. The highest BCUT2D eigenvalue weighted by Crippen LogP contribution is 2.43. The standard InChI is InChI=1S/C37H55N9O3S/c1-7-13-27(33(47)26-15-10-16-30-31(26)28(20-38)35(41)50-30)32(39)34(40)46-36(49-21-23(4)14-11-17-42-6)25(8-2)24(5)29(22-48-9-3)45-37-43-18-12-19-44-37/h12,18-19,23,26,29,40,42H,7-11,13-17,21-22,39,41H2,1-6H3,(H,43,44,45)/b25-24+,32-27-,40-34?,46-36?/t23?,26-,29?/m0/s1. The molecule has 0 bridgehead atoms. The van der Waals surface area contributed by atoms with Crippen LogP contribution in [0.25, 0.3) is 0 Å². The van der Waals surface area contributed by atoms with E-state index in [9.17, 15) is 10.1 Å². The minimum absolute atomic E-state index is 0.0173. The molecule has 7 N–H and O–H groups in total. The van der Waals surface area contributed by atoms with E-state index in [0.29, 0.717) is 67.6 Å². The second kappa shape index (κ2) is 20.5. The Morgan fingerprint density at radius 2 is 1.98 bits per heavy atom. The number of ketones is 1. The maximum atomic E-state index is 14.3. The first kappa shape index (κ1) is 40.3. The third kappa shape index (κ3) is 10.7. The number of allylic oxidation sites excluding steroid dienone is 1. The van der Waals surface area contributed by atoms with Gasteiger partial charge in [0, 0.05) is 40.9 Å². The maximum Gasteiger partial charge on any atom is 0.223 e. The van der Waals surface area contributed by atoms with Crippen LogP contribution in [0.1, 0.15) is 101 Å². The third-order valence-corrected chi connectivity index (χ3v) is 10.0. The van der Waals surface area contributed by atoms with Crippen molar-refractivity contribution in [3.05, 3.63) is 56.9 Å². The van der Waals surface area contributed by atoms with Gasteiger partial charge in [-0.3, -0.25) is 10.2 Å². The van der Waals surface area contributed by atoms with Crippen LogP contribution in [0.15, 0.2) is 45.9 Å². The number of carbonyl (C=O) groups excluding carboxylic acids is 1. The molecule has 2 unspecified atom stereocenters. The lowest BCUT2D eigenvalue weighted by Gasteiger charge is -2.24. The monoisotopic (exact) mass is 705 g/mol. The molecule has 272 valence electrons. The molecule has 0 saturated heterocycles. The van der Waals surface area contributed by atoms with Crippen LogP contribution in [0.3, 0.4) is 0 Å². The maximum absolute atomic E-state index is 14.3. The Kier molecular flexibility index (Phi) is 16.6. The van der Waals surface area contributed by atoms with Crippen molar-refractivity contribution in [2.24, 2.45) is 16.6 Å². The Morgan fingerprint density at radius 3 is 2.62 bits per heavy atom. The van der Waals surface area contributed by atoms with Crippen LogP contribution in [-0.2, 0) is 20.7 Å². The van der Waals surface area contributed by atoms with Gasteiger partial charge in [-0.2, -0.15) is 10.3 Å². The number of nitrogen functional groups attached to an aromatic ring is 1. The molecule has 13 heteroatoms. The summed E-state index contributed by atoms with van der Waals surface area (Å²) in [6, 6.07) is 3.67. The normalized spacial score (nSPS) is 16.7. The van der Waals surface area contributed by atoms with E-state index < -0.39 is 5.92 Å². The average molecular weight is 706 g/mol. The van der Waals surface area contributed by atoms with E-state index in [-0.39, 0.29) is 35.2 Å². The Balaban J connectivity index is 2.08. The van der Waals surface area contributed by atoms with Crippen LogP contribution in [0.4, 0.5) is 10.9 Å². The first-order chi connectivity index (χ1) is 24.1. The van der Waals surface area contributed by atoms with Gasteiger partial charge in [-0.1, -0.05) is 27.2 Å². The Hall–Kier alpha value is -4.12. The predicted molar refractivity (Wildman–Crippen MR) is 203 cm³/mol. The molecule has 2 aromatic rings. The van der Waals surface area contributed by atoms with Gasteiger partial charge in [-0.25, -0.2) is 9.97 Å². The number of rotatable bonds is 19. The zero-order chi connectivity index (χ0) is 36.6. The summed E-state index contributed by atoms with van der Waals surface area (Å²) in [7, 11) is 1.94. The molecule has 1 aliphatic carbocycles. The Morgan fingerprint density at radius 1 is 1.24 bits per heavy atom. The number of nitriles is 1. The number of aromatic nitrogens is 2. The number of nitrogens with one attached hydrogen (secondary N) is 3. The summed E-state index contributed by atoms with van der Waals surface area (Å²) < 4.78 is 12.3. The molecule has 12 nitrogen and oxygen atoms in total. The fourth-order valence-corrected chi connectivity index (χ4v) is 7.30. The number of fused-ring (bicyclic) bond motifs is 1. The number of nitrogens with two attached hydrogens (primary N) is 2. The van der Waals surface area contributed by atoms with Gasteiger partial charge in [-0.05, 0) is 95.5 Å². The number of ether oxygens (including phenoxy) is 2. The first-order valence-electron chi connectivity index (χ1n) is 17.7. The smallest absolute Gasteiger partial charge is 0.223 e. The van der Waals surface area contributed by atoms with Gasteiger partial charge in [0.2, 0.25) is 11.8 Å². The molecule has 0 aromatic carbocycles. The van der Waals surface area contributed by atoms with Crippen LogP contribution >= 0.6 is 11.3 Å². The number of thiophene rings is 1. The van der Waals surface area contributed by atoms with Gasteiger partial charge < -0.3 is 31.6 Å². The summed E-state index contributed by atoms with van der Waals surface area (Å²) in [5.74, 6) is 0.0365. The number of Topliss-reactive ketones (excluding diaryl/α,β-unsaturated/α-hetero) is 1. The quantitative estimate of drug-likeness (QED) is 0.0481. The van der Waals surface area contributed by atoms with Crippen LogP contribution in [-0.4, -0.2) is 66.9 Å². The van der Waals surface area contributed by atoms with E-state index in [1.807, 2.05) is 34.7 Å². The van der Waals surface area contributed by atoms with Crippen molar-refractivity contribution in [2.75, 3.05) is 44.5 Å². The van der Waals surface area contributed by atoms with Gasteiger partial charge in [-0.15, -0.1) is 11.3 Å². The SMILES string of the molecule is CCC/C(C(=O)[C@H]1CCCc2sc(N)c(C#N)c21)=C(/N)C(=N)N=C(OCC(C)CCCNC)/C(CC)=C(\C)C(COCC)Nc1ncccn1. The Bertz CT molecular complexity index is 1580. The number of aryl methyl sites for hydroxylation is 1. The molecule has 50 heavy (non-hydrogen) atoms. The molecule has 2 heterocycles. The topological polar surface area (TPSA) is 197 Å². The van der Waals surface area contributed by atoms with Crippen LogP contribution < -0.4 is 22.1 Å². The summed E-state index contributed by atoms with van der Waals surface area (Å²) in [4.78, 5) is 28.6. The number of hydrogen-bond acceptors (Lipinski definition) is 12. The molecule has 0 saturated carbocycles. The zero-order valence-corrected chi connectivity index (χ0v) is 31.3. The average Bonchev–Trinajstić information content (AvgIpc) is 3.46. The number of carbonyl (C=O) groups is 1. The van der Waals surface area contributed by atoms with E-state index in [4.69, 9.17) is 31.3 Å². The van der Waals surface area contributed by atoms with Crippen molar-refractivity contribution in [2.45, 2.75) is 97.9 Å². The molecule has 0 aliphatic heterocycles. The summed E-state index contributed by atoms with van der Waals surface area (Å²) >= 11 is 1.38. The van der Waals surface area contributed by atoms with Crippen LogP contribution in [0.5, 0.6) is 0 Å². The minimum Gasteiger partial charge on any atom is -0.477 e. The second-order valence-electron chi connectivity index (χ2n) is 12.6. The van der Waals surface area contributed by atoms with E-state index in [1.54, 1.807) is 18.5 Å². The lowest BCUT2D eigenvalue weighted by atomic mass is 9.79. The molecule has 0 spiro atoms. The van der Waals surface area contributed by atoms with Gasteiger partial charge in [0.05, 0.1) is 30.5 Å². The van der Waals surface area contributed by atoms with E-state index >= 15 is 0 Å². The van der Waals surface area contributed by atoms with Gasteiger partial charge in [0.15, 0.2) is 11.6 Å². The highest BCUT2D eigenvalue weighted by Gasteiger charge is 2.34. The molecular weight excluding hydrogens is 651 g/mol. The van der Waals surface area contributed by atoms with E-state index in [0.717, 1.165) is 53.8 Å². The van der Waals surface area contributed by atoms with Crippen molar-refractivity contribution in [3.63, 3.8) is 0 Å². The highest BCUT2D eigenvalue weighted by molar-refractivity contribution is 7.16. The summed E-state index contributed by atoms with van der Waals surface area (Å²) in [5, 5.41) is 26.0. The highest BCUT2D eigenvalue weighted by atomic mass is 32.1. The number of anilines is 2. The van der Waals surface area contributed by atoms with Gasteiger partial charge in [0.1, 0.15) is 11.1 Å². The molecule has 3 atom stereocenters. The summed E-state index contributed by atoms with van der Waals surface area (Å²) in [6.07, 6.45) is 9.06. The van der Waals surface area contributed by atoms with Crippen molar-refractivity contribution in [1.82, 2.24) is 15.3 Å². The lowest BCUT2D eigenvalue weighted by Crippen LogP contribution is -2.30. The largest absolute Gasteiger partial charge is 0.477 e. The molecule has 2 aromatic heterocycles. The Labute approximate surface area is 301 Å². The van der Waals surface area contributed by atoms with E-state index in [2.05, 4.69) is 33.6 Å². The fraction of sp³-hybridized carbons (Fsp3) is 0.568. The van der Waals surface area contributed by atoms with E-state index in [1.165, 1.54) is 11.3 Å². The molecule has 0 amide bonds. The minimum atomic E-state index is -0.535. The second-order valence-corrected chi connectivity index (χ2v) is 13.7. The first-order valence-corrected chi connectivity index (χ1v) is 18.5. The number of hydrogen-bond donors (Lipinski definition) is 5. The zero-order valence-electron chi connectivity index (χ0n) is 30.5. The predicted octanol–water partition coefficient (Wildman–Crippen LogP) is 6.27.